The van der Waals surface area contributed by atoms with E-state index in [2.05, 4.69) is 22.4 Å². The lowest BCUT2D eigenvalue weighted by Crippen LogP contribution is -2.46. The lowest BCUT2D eigenvalue weighted by atomic mass is 9.97. The first-order valence-electron chi connectivity index (χ1n) is 7.51. The monoisotopic (exact) mass is 306 g/mol. The number of hydrogen-bond donors (Lipinski definition) is 2. The molecule has 0 aliphatic heterocycles. The van der Waals surface area contributed by atoms with Crippen LogP contribution in [0.2, 0.25) is 0 Å². The van der Waals surface area contributed by atoms with Gasteiger partial charge in [0.05, 0.1) is 6.61 Å². The van der Waals surface area contributed by atoms with Gasteiger partial charge in [0, 0.05) is 23.5 Å². The highest BCUT2D eigenvalue weighted by molar-refractivity contribution is 7.99. The summed E-state index contributed by atoms with van der Waals surface area (Å²) in [6.07, 6.45) is 6.50. The van der Waals surface area contributed by atoms with Crippen LogP contribution in [-0.2, 0) is 0 Å². The summed E-state index contributed by atoms with van der Waals surface area (Å²) < 4.78 is 2.01. The summed E-state index contributed by atoms with van der Waals surface area (Å²) in [5.74, 6) is 0.984. The highest BCUT2D eigenvalue weighted by Gasteiger charge is 2.31. The van der Waals surface area contributed by atoms with Gasteiger partial charge < -0.3 is 10.4 Å². The van der Waals surface area contributed by atoms with Crippen LogP contribution in [0.15, 0.2) is 29.6 Å². The van der Waals surface area contributed by atoms with Crippen LogP contribution >= 0.6 is 11.8 Å². The third-order valence-corrected chi connectivity index (χ3v) is 4.89. The topological polar surface area (TPSA) is 62.5 Å². The predicted octanol–water partition coefficient (Wildman–Crippen LogP) is 2.10. The first-order chi connectivity index (χ1) is 10.2. The first-order valence-corrected chi connectivity index (χ1v) is 8.50. The smallest absolute Gasteiger partial charge is 0.195 e. The van der Waals surface area contributed by atoms with E-state index in [-0.39, 0.29) is 12.1 Å². The molecule has 21 heavy (non-hydrogen) atoms. The van der Waals surface area contributed by atoms with Gasteiger partial charge in [0.2, 0.25) is 0 Å². The molecule has 1 atom stereocenters. The second-order valence-electron chi connectivity index (χ2n) is 6.00. The Balaban J connectivity index is 1.49. The molecular weight excluding hydrogens is 284 g/mol. The summed E-state index contributed by atoms with van der Waals surface area (Å²) in [5.41, 5.74) is 0.741. The Bertz CT molecular complexity index is 598. The number of thioether (sulfide) groups is 1. The van der Waals surface area contributed by atoms with Gasteiger partial charge in [-0.25, -0.2) is 0 Å². The fourth-order valence-corrected chi connectivity index (χ4v) is 3.32. The van der Waals surface area contributed by atoms with Crippen molar-refractivity contribution in [1.82, 2.24) is 19.9 Å². The summed E-state index contributed by atoms with van der Waals surface area (Å²) in [6, 6.07) is 6.53. The van der Waals surface area contributed by atoms with Crippen molar-refractivity contribution in [1.29, 1.82) is 0 Å². The minimum atomic E-state index is -0.144. The van der Waals surface area contributed by atoms with Crippen molar-refractivity contribution in [3.63, 3.8) is 0 Å². The van der Waals surface area contributed by atoms with E-state index in [9.17, 15) is 5.11 Å². The maximum atomic E-state index is 9.59. The molecule has 0 radical (unpaired) electrons. The quantitative estimate of drug-likeness (QED) is 0.578. The zero-order chi connectivity index (χ0) is 14.7. The number of aromatic nitrogens is 3. The molecule has 0 bridgehead atoms. The van der Waals surface area contributed by atoms with Crippen LogP contribution in [0.1, 0.15) is 32.6 Å². The average Bonchev–Trinajstić information content (AvgIpc) is 3.21. The number of nitrogens with zero attached hydrogens (tertiary/aromatic N) is 3. The molecule has 1 aliphatic carbocycles. The molecular formula is C15H22N4OS. The summed E-state index contributed by atoms with van der Waals surface area (Å²) >= 11 is 1.72. The van der Waals surface area contributed by atoms with E-state index in [0.29, 0.717) is 6.04 Å². The van der Waals surface area contributed by atoms with Gasteiger partial charge in [0.25, 0.3) is 0 Å². The van der Waals surface area contributed by atoms with Crippen LogP contribution in [0, 0.1) is 0 Å². The summed E-state index contributed by atoms with van der Waals surface area (Å²) in [5, 5.41) is 22.4. The molecule has 1 fully saturated rings. The molecule has 1 saturated carbocycles. The van der Waals surface area contributed by atoms with Gasteiger partial charge in [-0.05, 0) is 44.7 Å². The molecule has 0 aromatic carbocycles. The number of hydrogen-bond acceptors (Lipinski definition) is 5. The van der Waals surface area contributed by atoms with Crippen molar-refractivity contribution >= 4 is 17.4 Å². The molecule has 2 aromatic heterocycles. The van der Waals surface area contributed by atoms with Gasteiger partial charge in [0.15, 0.2) is 10.8 Å². The van der Waals surface area contributed by atoms with Crippen LogP contribution in [0.25, 0.3) is 5.65 Å². The Kier molecular flexibility index (Phi) is 4.47. The van der Waals surface area contributed by atoms with Crippen LogP contribution in [0.5, 0.6) is 0 Å². The molecule has 1 aliphatic rings. The minimum absolute atomic E-state index is 0.144. The molecule has 0 spiro atoms. The fourth-order valence-electron chi connectivity index (χ4n) is 2.46. The van der Waals surface area contributed by atoms with Crippen molar-refractivity contribution in [3.8, 4) is 0 Å². The Hall–Kier alpha value is -1.11. The molecule has 0 saturated heterocycles. The standard InChI is InChI=1S/C15H22N4OS/c1-15(11-20,16-12-6-7-12)8-4-10-21-14-18-17-13-5-2-3-9-19(13)14/h2-3,5,9,12,16,20H,4,6-8,10-11H2,1H3. The number of aliphatic hydroxyl groups is 1. The maximum absolute atomic E-state index is 9.59. The molecule has 2 N–H and O–H groups in total. The van der Waals surface area contributed by atoms with E-state index in [0.717, 1.165) is 29.4 Å². The van der Waals surface area contributed by atoms with Crippen molar-refractivity contribution in [3.05, 3.63) is 24.4 Å². The van der Waals surface area contributed by atoms with E-state index in [1.165, 1.54) is 12.8 Å². The largest absolute Gasteiger partial charge is 0.394 e. The number of pyridine rings is 1. The third-order valence-electron chi connectivity index (χ3n) is 3.87. The lowest BCUT2D eigenvalue weighted by Gasteiger charge is -2.29. The summed E-state index contributed by atoms with van der Waals surface area (Å²) in [6.45, 7) is 2.31. The zero-order valence-corrected chi connectivity index (χ0v) is 13.1. The highest BCUT2D eigenvalue weighted by atomic mass is 32.2. The van der Waals surface area contributed by atoms with Gasteiger partial charge in [-0.3, -0.25) is 4.40 Å². The van der Waals surface area contributed by atoms with Gasteiger partial charge >= 0.3 is 0 Å². The Morgan fingerprint density at radius 2 is 2.29 bits per heavy atom. The summed E-state index contributed by atoms with van der Waals surface area (Å²) in [4.78, 5) is 0. The number of nitrogens with one attached hydrogen (secondary N) is 1. The van der Waals surface area contributed by atoms with Crippen molar-refractivity contribution < 1.29 is 5.11 Å². The maximum Gasteiger partial charge on any atom is 0.195 e. The van der Waals surface area contributed by atoms with E-state index in [4.69, 9.17) is 0 Å². The molecule has 2 heterocycles. The van der Waals surface area contributed by atoms with Gasteiger partial charge in [-0.2, -0.15) is 0 Å². The van der Waals surface area contributed by atoms with Crippen molar-refractivity contribution in [2.24, 2.45) is 0 Å². The summed E-state index contributed by atoms with van der Waals surface area (Å²) in [7, 11) is 0. The molecule has 1 unspecified atom stereocenters. The van der Waals surface area contributed by atoms with E-state index < -0.39 is 0 Å². The average molecular weight is 306 g/mol. The van der Waals surface area contributed by atoms with Crippen LogP contribution < -0.4 is 5.32 Å². The predicted molar refractivity (Wildman–Crippen MR) is 84.6 cm³/mol. The lowest BCUT2D eigenvalue weighted by molar-refractivity contribution is 0.163. The molecule has 114 valence electrons. The third kappa shape index (κ3) is 3.75. The molecule has 3 rings (SSSR count). The molecule has 6 heteroatoms. The zero-order valence-electron chi connectivity index (χ0n) is 12.3. The van der Waals surface area contributed by atoms with Crippen LogP contribution in [0.4, 0.5) is 0 Å². The molecule has 2 aromatic rings. The number of fused-ring (bicyclic) bond motifs is 1. The highest BCUT2D eigenvalue weighted by Crippen LogP contribution is 2.26. The van der Waals surface area contributed by atoms with Gasteiger partial charge in [-0.15, -0.1) is 10.2 Å². The second-order valence-corrected chi connectivity index (χ2v) is 7.06. The normalized spacial score (nSPS) is 18.0. The first kappa shape index (κ1) is 14.8. The van der Waals surface area contributed by atoms with E-state index in [1.54, 1.807) is 11.8 Å². The fraction of sp³-hybridized carbons (Fsp3) is 0.600. The van der Waals surface area contributed by atoms with E-state index >= 15 is 0 Å². The Labute approximate surface area is 129 Å². The molecule has 0 amide bonds. The van der Waals surface area contributed by atoms with Gasteiger partial charge in [0.1, 0.15) is 0 Å². The van der Waals surface area contributed by atoms with Crippen LogP contribution in [-0.4, -0.2) is 43.6 Å². The van der Waals surface area contributed by atoms with Crippen molar-refractivity contribution in [2.75, 3.05) is 12.4 Å². The number of aliphatic hydroxyl groups excluding tert-OH is 1. The SMILES string of the molecule is CC(CO)(CCCSc1nnc2ccccn12)NC1CC1. The number of rotatable bonds is 8. The van der Waals surface area contributed by atoms with Gasteiger partial charge in [-0.1, -0.05) is 17.8 Å². The second kappa shape index (κ2) is 6.34. The Morgan fingerprint density at radius 1 is 1.43 bits per heavy atom. The minimum Gasteiger partial charge on any atom is -0.394 e. The van der Waals surface area contributed by atoms with Crippen molar-refractivity contribution in [2.45, 2.75) is 49.3 Å². The molecule has 5 nitrogen and oxygen atoms in total. The van der Waals surface area contributed by atoms with Crippen LogP contribution in [0.3, 0.4) is 0 Å². The van der Waals surface area contributed by atoms with E-state index in [1.807, 2.05) is 28.8 Å². The Morgan fingerprint density at radius 3 is 3.05 bits per heavy atom.